The van der Waals surface area contributed by atoms with Crippen LogP contribution in [-0.4, -0.2) is 56.2 Å². The van der Waals surface area contributed by atoms with Gasteiger partial charge in [-0.2, -0.15) is 9.97 Å². The second-order valence-corrected chi connectivity index (χ2v) is 7.95. The van der Waals surface area contributed by atoms with Crippen LogP contribution in [0.5, 0.6) is 6.01 Å². The first-order valence-corrected chi connectivity index (χ1v) is 10.5. The van der Waals surface area contributed by atoms with Crippen LogP contribution < -0.4 is 10.5 Å². The standard InChI is InChI=1S/C19H29N5O3.CH4O/c1-12-2-4-13(5-3-12)8-9-26-19-22-17(20)16-18(23-19)24(11-21-16)15-7-6-14(10-25)27-15;1-2/h11-15,25H,2-10H2,1H3,(H2,20,22,23);2H,1H3. The highest BCUT2D eigenvalue weighted by Crippen LogP contribution is 2.32. The molecule has 162 valence electrons. The lowest BCUT2D eigenvalue weighted by Crippen LogP contribution is -2.16. The fraction of sp³-hybridized carbons (Fsp3) is 0.750. The lowest BCUT2D eigenvalue weighted by Gasteiger charge is -2.25. The van der Waals surface area contributed by atoms with E-state index in [0.29, 0.717) is 29.6 Å². The van der Waals surface area contributed by atoms with Crippen LogP contribution in [0.1, 0.15) is 58.1 Å². The van der Waals surface area contributed by atoms with Gasteiger partial charge in [0.15, 0.2) is 17.0 Å². The Bertz CT molecular complexity index is 776. The van der Waals surface area contributed by atoms with Crippen molar-refractivity contribution in [2.45, 2.75) is 64.2 Å². The van der Waals surface area contributed by atoms with Crippen molar-refractivity contribution in [3.05, 3.63) is 6.33 Å². The molecule has 2 aromatic rings. The van der Waals surface area contributed by atoms with Gasteiger partial charge in [-0.1, -0.05) is 32.6 Å². The second kappa shape index (κ2) is 10.2. The zero-order chi connectivity index (χ0) is 20.8. The molecule has 0 spiro atoms. The molecule has 4 rings (SSSR count). The SMILES string of the molecule is CC1CCC(CCOc2nc(N)c3ncn(C4CCC(CO)O4)c3n2)CC1.CO. The molecule has 9 heteroatoms. The summed E-state index contributed by atoms with van der Waals surface area (Å²) in [5.74, 6) is 1.91. The third kappa shape index (κ3) is 5.15. The lowest BCUT2D eigenvalue weighted by atomic mass is 9.82. The van der Waals surface area contributed by atoms with E-state index in [1.54, 1.807) is 6.33 Å². The van der Waals surface area contributed by atoms with E-state index in [2.05, 4.69) is 21.9 Å². The molecular weight excluding hydrogens is 374 g/mol. The number of aliphatic hydroxyl groups excluding tert-OH is 2. The van der Waals surface area contributed by atoms with Gasteiger partial charge in [-0.3, -0.25) is 4.57 Å². The van der Waals surface area contributed by atoms with Crippen LogP contribution in [0.25, 0.3) is 11.2 Å². The van der Waals surface area contributed by atoms with Crippen molar-refractivity contribution in [2.75, 3.05) is 26.1 Å². The van der Waals surface area contributed by atoms with Gasteiger partial charge < -0.3 is 25.4 Å². The van der Waals surface area contributed by atoms with Gasteiger partial charge >= 0.3 is 6.01 Å². The molecule has 9 nitrogen and oxygen atoms in total. The van der Waals surface area contributed by atoms with Gasteiger partial charge in [-0.05, 0) is 31.1 Å². The van der Waals surface area contributed by atoms with Gasteiger partial charge in [0.25, 0.3) is 0 Å². The summed E-state index contributed by atoms with van der Waals surface area (Å²) in [6, 6.07) is 0.294. The first kappa shape index (κ1) is 21.7. The Hall–Kier alpha value is -1.97. The molecule has 1 saturated carbocycles. The van der Waals surface area contributed by atoms with Gasteiger partial charge in [0.2, 0.25) is 0 Å². The van der Waals surface area contributed by atoms with E-state index >= 15 is 0 Å². The van der Waals surface area contributed by atoms with Crippen molar-refractivity contribution in [3.8, 4) is 6.01 Å². The molecule has 2 unspecified atom stereocenters. The van der Waals surface area contributed by atoms with Gasteiger partial charge in [0.05, 0.1) is 25.6 Å². The maximum atomic E-state index is 9.29. The Balaban J connectivity index is 0.00000117. The minimum Gasteiger partial charge on any atom is -0.463 e. The fourth-order valence-electron chi connectivity index (χ4n) is 4.15. The van der Waals surface area contributed by atoms with E-state index in [0.717, 1.165) is 38.2 Å². The molecule has 1 saturated heterocycles. The molecule has 29 heavy (non-hydrogen) atoms. The van der Waals surface area contributed by atoms with E-state index < -0.39 is 0 Å². The molecule has 2 aliphatic rings. The van der Waals surface area contributed by atoms with E-state index in [1.165, 1.54) is 25.7 Å². The number of fused-ring (bicyclic) bond motifs is 1. The predicted molar refractivity (Wildman–Crippen MR) is 109 cm³/mol. The minimum atomic E-state index is -0.196. The molecule has 0 radical (unpaired) electrons. The van der Waals surface area contributed by atoms with Gasteiger partial charge in [0.1, 0.15) is 6.23 Å². The summed E-state index contributed by atoms with van der Waals surface area (Å²) in [5, 5.41) is 16.3. The summed E-state index contributed by atoms with van der Waals surface area (Å²) in [4.78, 5) is 13.1. The zero-order valence-corrected chi connectivity index (χ0v) is 17.3. The van der Waals surface area contributed by atoms with Crippen LogP contribution in [0, 0.1) is 11.8 Å². The lowest BCUT2D eigenvalue weighted by molar-refractivity contribution is -0.0207. The Kier molecular flexibility index (Phi) is 7.63. The van der Waals surface area contributed by atoms with Crippen LogP contribution in [0.15, 0.2) is 6.33 Å². The number of anilines is 1. The molecule has 1 aliphatic heterocycles. The number of ether oxygens (including phenoxy) is 2. The van der Waals surface area contributed by atoms with Crippen molar-refractivity contribution >= 4 is 17.0 Å². The number of nitrogens with two attached hydrogens (primary N) is 1. The van der Waals surface area contributed by atoms with Crippen molar-refractivity contribution < 1.29 is 19.7 Å². The van der Waals surface area contributed by atoms with E-state index in [9.17, 15) is 5.11 Å². The van der Waals surface area contributed by atoms with E-state index in [1.807, 2.05) is 4.57 Å². The first-order valence-electron chi connectivity index (χ1n) is 10.5. The monoisotopic (exact) mass is 407 g/mol. The van der Waals surface area contributed by atoms with Crippen LogP contribution in [-0.2, 0) is 4.74 Å². The number of nitrogen functional groups attached to an aromatic ring is 1. The second-order valence-electron chi connectivity index (χ2n) is 7.95. The highest BCUT2D eigenvalue weighted by molar-refractivity contribution is 5.81. The Labute approximate surface area is 171 Å². The average Bonchev–Trinajstić information content (AvgIpc) is 3.38. The topological polar surface area (TPSA) is 129 Å². The highest BCUT2D eigenvalue weighted by Gasteiger charge is 2.28. The van der Waals surface area contributed by atoms with Crippen LogP contribution in [0.2, 0.25) is 0 Å². The molecular formula is C20H33N5O4. The van der Waals surface area contributed by atoms with Gasteiger partial charge in [0, 0.05) is 7.11 Å². The summed E-state index contributed by atoms with van der Waals surface area (Å²) in [6.45, 7) is 2.96. The predicted octanol–water partition coefficient (Wildman–Crippen LogP) is 2.28. The maximum absolute atomic E-state index is 9.29. The van der Waals surface area contributed by atoms with E-state index in [4.69, 9.17) is 20.3 Å². The van der Waals surface area contributed by atoms with Crippen LogP contribution in [0.4, 0.5) is 5.82 Å². The maximum Gasteiger partial charge on any atom is 0.320 e. The molecule has 2 fully saturated rings. The molecule has 4 N–H and O–H groups in total. The van der Waals surface area contributed by atoms with Gasteiger partial charge in [-0.25, -0.2) is 4.98 Å². The highest BCUT2D eigenvalue weighted by atomic mass is 16.5. The summed E-state index contributed by atoms with van der Waals surface area (Å²) < 4.78 is 13.5. The molecule has 2 atom stereocenters. The number of hydrogen-bond acceptors (Lipinski definition) is 8. The van der Waals surface area contributed by atoms with Crippen LogP contribution >= 0.6 is 0 Å². The Morgan fingerprint density at radius 3 is 2.62 bits per heavy atom. The van der Waals surface area contributed by atoms with Crippen LogP contribution in [0.3, 0.4) is 0 Å². The quantitative estimate of drug-likeness (QED) is 0.665. The summed E-state index contributed by atoms with van der Waals surface area (Å²) in [6.07, 6.45) is 9.17. The molecule has 1 aliphatic carbocycles. The van der Waals surface area contributed by atoms with Crippen molar-refractivity contribution in [3.63, 3.8) is 0 Å². The Morgan fingerprint density at radius 2 is 1.93 bits per heavy atom. The smallest absolute Gasteiger partial charge is 0.320 e. The number of hydrogen-bond donors (Lipinski definition) is 3. The summed E-state index contributed by atoms with van der Waals surface area (Å²) in [5.41, 5.74) is 7.24. The molecule has 3 heterocycles. The number of rotatable bonds is 6. The third-order valence-electron chi connectivity index (χ3n) is 5.92. The summed E-state index contributed by atoms with van der Waals surface area (Å²) >= 11 is 0. The fourth-order valence-corrected chi connectivity index (χ4v) is 4.15. The largest absolute Gasteiger partial charge is 0.463 e. The summed E-state index contributed by atoms with van der Waals surface area (Å²) in [7, 11) is 1.00. The Morgan fingerprint density at radius 1 is 1.17 bits per heavy atom. The number of nitrogens with zero attached hydrogens (tertiary/aromatic N) is 4. The molecule has 0 bridgehead atoms. The van der Waals surface area contributed by atoms with Crippen molar-refractivity contribution in [1.29, 1.82) is 0 Å². The number of aliphatic hydroxyl groups is 2. The number of aromatic nitrogens is 4. The molecule has 0 amide bonds. The normalized spacial score (nSPS) is 26.9. The van der Waals surface area contributed by atoms with E-state index in [-0.39, 0.29) is 18.9 Å². The number of imidazole rings is 1. The minimum absolute atomic E-state index is 0.0224. The molecule has 2 aromatic heterocycles. The van der Waals surface area contributed by atoms with Crippen molar-refractivity contribution in [2.24, 2.45) is 11.8 Å². The first-order chi connectivity index (χ1) is 14.1. The molecule has 0 aromatic carbocycles. The van der Waals surface area contributed by atoms with Gasteiger partial charge in [-0.15, -0.1) is 0 Å². The average molecular weight is 408 g/mol. The zero-order valence-electron chi connectivity index (χ0n) is 17.3. The van der Waals surface area contributed by atoms with Crippen molar-refractivity contribution in [1.82, 2.24) is 19.5 Å². The third-order valence-corrected chi connectivity index (χ3v) is 5.92.